The van der Waals surface area contributed by atoms with E-state index in [-0.39, 0.29) is 18.4 Å². The maximum Gasteiger partial charge on any atom is 0.258 e. The van der Waals surface area contributed by atoms with Crippen molar-refractivity contribution in [3.05, 3.63) is 51.8 Å². The van der Waals surface area contributed by atoms with Crippen LogP contribution in [0.1, 0.15) is 39.1 Å². The van der Waals surface area contributed by atoms with Crippen molar-refractivity contribution in [3.8, 4) is 0 Å². The van der Waals surface area contributed by atoms with Gasteiger partial charge in [0.1, 0.15) is 5.69 Å². The molecule has 2 N–H and O–H groups in total. The van der Waals surface area contributed by atoms with E-state index in [1.165, 1.54) is 11.3 Å². The minimum absolute atomic E-state index is 0.00349. The van der Waals surface area contributed by atoms with E-state index in [2.05, 4.69) is 5.16 Å². The van der Waals surface area contributed by atoms with E-state index in [1.807, 2.05) is 35.2 Å². The maximum atomic E-state index is 12.8. The molecule has 1 aliphatic rings. The lowest BCUT2D eigenvalue weighted by Crippen LogP contribution is -2.31. The van der Waals surface area contributed by atoms with E-state index in [0.717, 1.165) is 23.1 Å². The minimum atomic E-state index is -0.429. The van der Waals surface area contributed by atoms with Crippen LogP contribution in [0, 0.1) is 0 Å². The number of para-hydroxylation sites is 1. The number of nitrogens with two attached hydrogens (primary N) is 1. The van der Waals surface area contributed by atoms with E-state index in [1.54, 1.807) is 6.07 Å². The van der Waals surface area contributed by atoms with E-state index in [9.17, 15) is 9.59 Å². The Labute approximate surface area is 148 Å². The molecule has 4 rings (SSSR count). The summed E-state index contributed by atoms with van der Waals surface area (Å²) in [5, 5.41) is 4.92. The van der Waals surface area contributed by atoms with Gasteiger partial charge in [-0.15, -0.1) is 11.3 Å². The summed E-state index contributed by atoms with van der Waals surface area (Å²) in [6.45, 7) is 0.711. The Bertz CT molecular complexity index is 946. The maximum absolute atomic E-state index is 12.8. The summed E-state index contributed by atoms with van der Waals surface area (Å²) >= 11 is 1.37. The molecule has 0 unspecified atom stereocenters. The number of carbonyl (C=O) groups is 2. The summed E-state index contributed by atoms with van der Waals surface area (Å²) < 4.78 is 5.28. The number of fused-ring (bicyclic) bond motifs is 1. The SMILES string of the molecule is NC(=O)c1ccc([C@@H]2CCCN2C(=O)Cc2noc3ccccc23)s1. The molecule has 1 aliphatic heterocycles. The van der Waals surface area contributed by atoms with Gasteiger partial charge in [0.2, 0.25) is 5.91 Å². The highest BCUT2D eigenvalue weighted by molar-refractivity contribution is 7.14. The van der Waals surface area contributed by atoms with Crippen LogP contribution in [0.15, 0.2) is 40.9 Å². The lowest BCUT2D eigenvalue weighted by atomic mass is 10.1. The number of primary amides is 1. The Morgan fingerprint density at radius 2 is 2.12 bits per heavy atom. The first kappa shape index (κ1) is 15.8. The third-order valence-corrected chi connectivity index (χ3v) is 5.74. The predicted molar refractivity (Wildman–Crippen MR) is 94.2 cm³/mol. The average molecular weight is 355 g/mol. The lowest BCUT2D eigenvalue weighted by molar-refractivity contribution is -0.131. The van der Waals surface area contributed by atoms with Gasteiger partial charge in [-0.3, -0.25) is 9.59 Å². The van der Waals surface area contributed by atoms with Crippen molar-refractivity contribution in [3.63, 3.8) is 0 Å². The first-order valence-electron chi connectivity index (χ1n) is 8.16. The lowest BCUT2D eigenvalue weighted by Gasteiger charge is -2.23. The Hall–Kier alpha value is -2.67. The predicted octanol–water partition coefficient (Wildman–Crippen LogP) is 2.89. The normalized spacial score (nSPS) is 17.3. The van der Waals surface area contributed by atoms with Crippen LogP contribution < -0.4 is 5.73 Å². The summed E-state index contributed by atoms with van der Waals surface area (Å²) in [4.78, 5) is 27.6. The Morgan fingerprint density at radius 3 is 2.92 bits per heavy atom. The molecule has 3 aromatic rings. The second-order valence-electron chi connectivity index (χ2n) is 6.11. The van der Waals surface area contributed by atoms with Crippen molar-refractivity contribution in [2.24, 2.45) is 5.73 Å². The van der Waals surface area contributed by atoms with Crippen LogP contribution in [0.4, 0.5) is 0 Å². The molecule has 0 radical (unpaired) electrons. The van der Waals surface area contributed by atoms with Crippen LogP contribution in [0.5, 0.6) is 0 Å². The second-order valence-corrected chi connectivity index (χ2v) is 7.23. The number of likely N-dealkylation sites (tertiary alicyclic amines) is 1. The van der Waals surface area contributed by atoms with E-state index in [4.69, 9.17) is 10.3 Å². The molecule has 6 nitrogen and oxygen atoms in total. The largest absolute Gasteiger partial charge is 0.365 e. The summed E-state index contributed by atoms with van der Waals surface area (Å²) in [5.41, 5.74) is 6.69. The van der Waals surface area contributed by atoms with Gasteiger partial charge in [-0.25, -0.2) is 0 Å². The molecule has 128 valence electrons. The molecule has 1 saturated heterocycles. The summed E-state index contributed by atoms with van der Waals surface area (Å²) in [5.74, 6) is -0.406. The van der Waals surface area contributed by atoms with Gasteiger partial charge in [0, 0.05) is 16.8 Å². The third kappa shape index (κ3) is 2.91. The molecule has 0 spiro atoms. The van der Waals surface area contributed by atoms with Gasteiger partial charge < -0.3 is 15.2 Å². The number of aromatic nitrogens is 1. The number of amides is 2. The molecule has 1 fully saturated rings. The highest BCUT2D eigenvalue weighted by atomic mass is 32.1. The van der Waals surface area contributed by atoms with Crippen molar-refractivity contribution >= 4 is 34.1 Å². The van der Waals surface area contributed by atoms with Gasteiger partial charge in [0.25, 0.3) is 5.91 Å². The minimum Gasteiger partial charge on any atom is -0.365 e. The van der Waals surface area contributed by atoms with Crippen LogP contribution in [0.3, 0.4) is 0 Å². The van der Waals surface area contributed by atoms with Crippen LogP contribution in [-0.4, -0.2) is 28.4 Å². The van der Waals surface area contributed by atoms with Crippen LogP contribution in [0.2, 0.25) is 0 Å². The highest BCUT2D eigenvalue weighted by Crippen LogP contribution is 2.36. The third-order valence-electron chi connectivity index (χ3n) is 4.54. The molecule has 2 aromatic heterocycles. The molecule has 7 heteroatoms. The number of thiophene rings is 1. The fraction of sp³-hybridized carbons (Fsp3) is 0.278. The average Bonchev–Trinajstić information content (AvgIpc) is 3.34. The van der Waals surface area contributed by atoms with Crippen molar-refractivity contribution in [1.82, 2.24) is 10.1 Å². The molecule has 3 heterocycles. The molecular formula is C18H17N3O3S. The number of nitrogens with zero attached hydrogens (tertiary/aromatic N) is 2. The fourth-order valence-electron chi connectivity index (χ4n) is 3.34. The standard InChI is InChI=1S/C18H17N3O3S/c19-18(23)16-8-7-15(25-16)13-5-3-9-21(13)17(22)10-12-11-4-1-2-6-14(11)24-20-12/h1-2,4,6-8,13H,3,5,9-10H2,(H2,19,23)/t13-/m0/s1. The second kappa shape index (κ2) is 6.33. The molecule has 1 aromatic carbocycles. The number of hydrogen-bond acceptors (Lipinski definition) is 5. The van der Waals surface area contributed by atoms with Crippen molar-refractivity contribution < 1.29 is 14.1 Å². The van der Waals surface area contributed by atoms with Gasteiger partial charge in [0.05, 0.1) is 17.3 Å². The van der Waals surface area contributed by atoms with Crippen molar-refractivity contribution in [2.45, 2.75) is 25.3 Å². The van der Waals surface area contributed by atoms with E-state index in [0.29, 0.717) is 22.7 Å². The molecule has 25 heavy (non-hydrogen) atoms. The Morgan fingerprint density at radius 1 is 1.28 bits per heavy atom. The smallest absolute Gasteiger partial charge is 0.258 e. The zero-order valence-corrected chi connectivity index (χ0v) is 14.3. The molecular weight excluding hydrogens is 338 g/mol. The molecule has 0 bridgehead atoms. The first-order valence-corrected chi connectivity index (χ1v) is 8.97. The molecule has 2 amide bonds. The summed E-state index contributed by atoms with van der Waals surface area (Å²) in [7, 11) is 0. The van der Waals surface area contributed by atoms with E-state index < -0.39 is 5.91 Å². The Balaban J connectivity index is 1.55. The van der Waals surface area contributed by atoms with Crippen molar-refractivity contribution in [1.29, 1.82) is 0 Å². The quantitative estimate of drug-likeness (QED) is 0.779. The molecule has 0 aliphatic carbocycles. The number of benzene rings is 1. The van der Waals surface area contributed by atoms with Crippen LogP contribution >= 0.6 is 11.3 Å². The number of rotatable bonds is 4. The highest BCUT2D eigenvalue weighted by Gasteiger charge is 2.31. The Kier molecular flexibility index (Phi) is 4.01. The van der Waals surface area contributed by atoms with Crippen LogP contribution in [-0.2, 0) is 11.2 Å². The first-order chi connectivity index (χ1) is 12.1. The fourth-order valence-corrected chi connectivity index (χ4v) is 4.34. The summed E-state index contributed by atoms with van der Waals surface area (Å²) in [6, 6.07) is 11.2. The van der Waals surface area contributed by atoms with Gasteiger partial charge in [0.15, 0.2) is 5.58 Å². The monoisotopic (exact) mass is 355 g/mol. The zero-order valence-electron chi connectivity index (χ0n) is 13.5. The van der Waals surface area contributed by atoms with Gasteiger partial charge in [-0.05, 0) is 37.1 Å². The number of hydrogen-bond donors (Lipinski definition) is 1. The van der Waals surface area contributed by atoms with Gasteiger partial charge in [-0.2, -0.15) is 0 Å². The topological polar surface area (TPSA) is 89.4 Å². The zero-order chi connectivity index (χ0) is 17.4. The van der Waals surface area contributed by atoms with Gasteiger partial charge >= 0.3 is 0 Å². The molecule has 1 atom stereocenters. The number of carbonyl (C=O) groups excluding carboxylic acids is 2. The summed E-state index contributed by atoms with van der Waals surface area (Å²) in [6.07, 6.45) is 2.05. The van der Waals surface area contributed by atoms with Crippen LogP contribution in [0.25, 0.3) is 11.0 Å². The van der Waals surface area contributed by atoms with E-state index >= 15 is 0 Å². The van der Waals surface area contributed by atoms with Gasteiger partial charge in [-0.1, -0.05) is 17.3 Å². The van der Waals surface area contributed by atoms with Crippen molar-refractivity contribution in [2.75, 3.05) is 6.54 Å². The molecule has 0 saturated carbocycles.